The number of halogens is 1. The summed E-state index contributed by atoms with van der Waals surface area (Å²) in [5.41, 5.74) is 2.04. The summed E-state index contributed by atoms with van der Waals surface area (Å²) >= 11 is 1.31. The lowest BCUT2D eigenvalue weighted by molar-refractivity contribution is 0.0996. The van der Waals surface area contributed by atoms with E-state index in [1.165, 1.54) is 17.4 Å². The molecule has 0 bridgehead atoms. The predicted octanol–water partition coefficient (Wildman–Crippen LogP) is 4.47. The average Bonchev–Trinajstić information content (AvgIpc) is 3.08. The van der Waals surface area contributed by atoms with Crippen molar-refractivity contribution in [3.8, 4) is 0 Å². The van der Waals surface area contributed by atoms with Crippen molar-refractivity contribution in [1.29, 1.82) is 0 Å². The number of nitrogens with zero attached hydrogens (tertiary/aromatic N) is 3. The normalized spacial score (nSPS) is 11.9. The van der Waals surface area contributed by atoms with Crippen LogP contribution in [0.1, 0.15) is 31.1 Å². The van der Waals surface area contributed by atoms with Gasteiger partial charge >= 0.3 is 0 Å². The predicted molar refractivity (Wildman–Crippen MR) is 116 cm³/mol. The Hall–Kier alpha value is -2.51. The highest BCUT2D eigenvalue weighted by Gasteiger charge is 2.13. The lowest BCUT2D eigenvalue weighted by Gasteiger charge is -2.20. The molecule has 0 N–H and O–H groups in total. The second-order valence-corrected chi connectivity index (χ2v) is 7.46. The molecule has 5 nitrogen and oxygen atoms in total. The maximum absolute atomic E-state index is 14.4. The molecule has 29 heavy (non-hydrogen) atoms. The van der Waals surface area contributed by atoms with Crippen LogP contribution < -0.4 is 9.70 Å². The molecule has 0 saturated carbocycles. The summed E-state index contributed by atoms with van der Waals surface area (Å²) in [6, 6.07) is 12.4. The first-order valence-electron chi connectivity index (χ1n) is 9.88. The summed E-state index contributed by atoms with van der Waals surface area (Å²) < 4.78 is 22.3. The third-order valence-corrected chi connectivity index (χ3v) is 5.80. The Bertz CT molecular complexity index is 1040. The lowest BCUT2D eigenvalue weighted by Crippen LogP contribution is -2.22. The van der Waals surface area contributed by atoms with Gasteiger partial charge in [0.05, 0.1) is 16.8 Å². The number of hydrogen-bond donors (Lipinski definition) is 0. The second-order valence-electron chi connectivity index (χ2n) is 6.46. The average molecular weight is 416 g/mol. The molecule has 2 aromatic carbocycles. The number of benzene rings is 2. The zero-order valence-corrected chi connectivity index (χ0v) is 17.8. The van der Waals surface area contributed by atoms with Gasteiger partial charge in [-0.2, -0.15) is 4.99 Å². The van der Waals surface area contributed by atoms with Crippen LogP contribution in [0.25, 0.3) is 10.2 Å². The lowest BCUT2D eigenvalue weighted by atomic mass is 10.2. The topological polar surface area (TPSA) is 46.8 Å². The van der Waals surface area contributed by atoms with E-state index in [1.807, 2.05) is 25.1 Å². The highest BCUT2D eigenvalue weighted by Crippen LogP contribution is 2.21. The van der Waals surface area contributed by atoms with Gasteiger partial charge in [-0.1, -0.05) is 17.4 Å². The SMILES string of the molecule is CCOCCn1c(=NC(=O)c2ccc(N(CC)CC)cc2)sc2cccc(F)c21. The van der Waals surface area contributed by atoms with Gasteiger partial charge < -0.3 is 14.2 Å². The number of carbonyl (C=O) groups excluding carboxylic acids is 1. The molecule has 0 radical (unpaired) electrons. The number of rotatable bonds is 8. The quantitative estimate of drug-likeness (QED) is 0.510. The molecule has 1 amide bonds. The third kappa shape index (κ3) is 4.74. The first kappa shape index (κ1) is 21.2. The third-order valence-electron chi connectivity index (χ3n) is 4.76. The van der Waals surface area contributed by atoms with Crippen LogP contribution in [0.2, 0.25) is 0 Å². The molecule has 1 heterocycles. The van der Waals surface area contributed by atoms with E-state index in [0.29, 0.717) is 35.6 Å². The highest BCUT2D eigenvalue weighted by atomic mass is 32.1. The van der Waals surface area contributed by atoms with Crippen molar-refractivity contribution in [1.82, 2.24) is 4.57 Å². The maximum atomic E-state index is 14.4. The number of aromatic nitrogens is 1. The Morgan fingerprint density at radius 3 is 2.52 bits per heavy atom. The summed E-state index contributed by atoms with van der Waals surface area (Å²) in [5, 5.41) is 0. The molecule has 0 atom stereocenters. The zero-order chi connectivity index (χ0) is 20.8. The van der Waals surface area contributed by atoms with Crippen LogP contribution in [0.15, 0.2) is 47.5 Å². The Morgan fingerprint density at radius 2 is 1.86 bits per heavy atom. The summed E-state index contributed by atoms with van der Waals surface area (Å²) in [6.07, 6.45) is 0. The van der Waals surface area contributed by atoms with Gasteiger partial charge in [0.25, 0.3) is 5.91 Å². The van der Waals surface area contributed by atoms with E-state index < -0.39 is 0 Å². The van der Waals surface area contributed by atoms with Crippen molar-refractivity contribution in [2.45, 2.75) is 27.3 Å². The molecule has 0 fully saturated rings. The van der Waals surface area contributed by atoms with Crippen LogP contribution in [0.5, 0.6) is 0 Å². The van der Waals surface area contributed by atoms with E-state index in [9.17, 15) is 9.18 Å². The largest absolute Gasteiger partial charge is 0.380 e. The van der Waals surface area contributed by atoms with Crippen molar-refractivity contribution in [3.63, 3.8) is 0 Å². The van der Waals surface area contributed by atoms with E-state index in [0.717, 1.165) is 23.5 Å². The molecular formula is C22H26FN3O2S. The second kappa shape index (κ2) is 9.80. The van der Waals surface area contributed by atoms with Gasteiger partial charge in [0.2, 0.25) is 0 Å². The molecule has 0 aliphatic rings. The van der Waals surface area contributed by atoms with Gasteiger partial charge in [0, 0.05) is 37.5 Å². The fourth-order valence-corrected chi connectivity index (χ4v) is 4.30. The number of ether oxygens (including phenoxy) is 1. The molecule has 0 spiro atoms. The van der Waals surface area contributed by atoms with Gasteiger partial charge in [0.1, 0.15) is 5.82 Å². The standard InChI is InChI=1S/C22H26FN3O2S/c1-4-25(5-2)17-12-10-16(11-13-17)21(27)24-22-26(14-15-28-6-3)20-18(23)8-7-9-19(20)29-22/h7-13H,4-6,14-15H2,1-3H3. The number of hydrogen-bond acceptors (Lipinski definition) is 4. The Kier molecular flexibility index (Phi) is 7.17. The van der Waals surface area contributed by atoms with Crippen LogP contribution in [0.4, 0.5) is 10.1 Å². The first-order chi connectivity index (χ1) is 14.1. The molecule has 0 aliphatic heterocycles. The fraction of sp³-hybridized carbons (Fsp3) is 0.364. The van der Waals surface area contributed by atoms with Gasteiger partial charge in [0.15, 0.2) is 4.80 Å². The Labute approximate surface area is 174 Å². The fourth-order valence-electron chi connectivity index (χ4n) is 3.23. The number of amides is 1. The Balaban J connectivity index is 1.97. The summed E-state index contributed by atoms with van der Waals surface area (Å²) in [5.74, 6) is -0.666. The van der Waals surface area contributed by atoms with Crippen molar-refractivity contribution in [3.05, 3.63) is 58.6 Å². The molecule has 154 valence electrons. The van der Waals surface area contributed by atoms with Crippen molar-refractivity contribution in [2.24, 2.45) is 4.99 Å². The number of anilines is 1. The smallest absolute Gasteiger partial charge is 0.279 e. The molecular weight excluding hydrogens is 389 g/mol. The zero-order valence-electron chi connectivity index (χ0n) is 17.0. The van der Waals surface area contributed by atoms with Crippen LogP contribution in [0, 0.1) is 5.82 Å². The molecule has 0 saturated heterocycles. The monoisotopic (exact) mass is 415 g/mol. The minimum absolute atomic E-state index is 0.326. The molecule has 0 unspecified atom stereocenters. The number of carbonyl (C=O) groups is 1. The van der Waals surface area contributed by atoms with Crippen molar-refractivity contribution >= 4 is 33.1 Å². The van der Waals surface area contributed by atoms with E-state index in [1.54, 1.807) is 22.8 Å². The first-order valence-corrected chi connectivity index (χ1v) is 10.7. The minimum atomic E-state index is -0.340. The molecule has 1 aromatic heterocycles. The highest BCUT2D eigenvalue weighted by molar-refractivity contribution is 7.16. The van der Waals surface area contributed by atoms with E-state index in [2.05, 4.69) is 23.7 Å². The van der Waals surface area contributed by atoms with Gasteiger partial charge in [-0.25, -0.2) is 4.39 Å². The summed E-state index contributed by atoms with van der Waals surface area (Å²) in [6.45, 7) is 9.35. The number of thiazole rings is 1. The van der Waals surface area contributed by atoms with E-state index >= 15 is 0 Å². The van der Waals surface area contributed by atoms with Crippen molar-refractivity contribution < 1.29 is 13.9 Å². The molecule has 7 heteroatoms. The van der Waals surface area contributed by atoms with E-state index in [4.69, 9.17) is 4.74 Å². The minimum Gasteiger partial charge on any atom is -0.380 e. The summed E-state index contributed by atoms with van der Waals surface area (Å²) in [4.78, 5) is 19.8. The molecule has 3 aromatic rings. The maximum Gasteiger partial charge on any atom is 0.279 e. The number of para-hydroxylation sites is 1. The number of fused-ring (bicyclic) bond motifs is 1. The van der Waals surface area contributed by atoms with Gasteiger partial charge in [-0.3, -0.25) is 4.79 Å². The van der Waals surface area contributed by atoms with E-state index in [-0.39, 0.29) is 11.7 Å². The van der Waals surface area contributed by atoms with Crippen molar-refractivity contribution in [2.75, 3.05) is 31.2 Å². The van der Waals surface area contributed by atoms with Crippen LogP contribution >= 0.6 is 11.3 Å². The summed E-state index contributed by atoms with van der Waals surface area (Å²) in [7, 11) is 0. The molecule has 0 aliphatic carbocycles. The Morgan fingerprint density at radius 1 is 1.14 bits per heavy atom. The van der Waals surface area contributed by atoms with Crippen LogP contribution in [-0.4, -0.2) is 36.8 Å². The van der Waals surface area contributed by atoms with Crippen LogP contribution in [-0.2, 0) is 11.3 Å². The van der Waals surface area contributed by atoms with Gasteiger partial charge in [-0.05, 0) is 57.2 Å². The molecule has 3 rings (SSSR count). The van der Waals surface area contributed by atoms with Crippen LogP contribution in [0.3, 0.4) is 0 Å². The van der Waals surface area contributed by atoms with Gasteiger partial charge in [-0.15, -0.1) is 0 Å².